The maximum Gasteiger partial charge on any atom is 0.251 e. The molecule has 0 unspecified atom stereocenters. The Bertz CT molecular complexity index is 781. The van der Waals surface area contributed by atoms with Crippen LogP contribution in [0.15, 0.2) is 79.0 Å². The Morgan fingerprint density at radius 2 is 1.62 bits per heavy atom. The van der Waals surface area contributed by atoms with Gasteiger partial charge >= 0.3 is 0 Å². The number of carbonyl (C=O) groups excluding carboxylic acids is 2. The van der Waals surface area contributed by atoms with Crippen molar-refractivity contribution in [2.75, 3.05) is 0 Å². The summed E-state index contributed by atoms with van der Waals surface area (Å²) in [5.41, 5.74) is 1.61. The van der Waals surface area contributed by atoms with Gasteiger partial charge in [-0.2, -0.15) is 0 Å². The molecule has 0 saturated carbocycles. The number of benzene rings is 2. The van der Waals surface area contributed by atoms with E-state index >= 15 is 0 Å². The van der Waals surface area contributed by atoms with E-state index in [0.717, 1.165) is 5.56 Å². The molecule has 24 heavy (non-hydrogen) atoms. The van der Waals surface area contributed by atoms with E-state index in [2.05, 4.69) is 0 Å². The molecule has 0 radical (unpaired) electrons. The molecular formula is C20H17NO3. The zero-order valence-electron chi connectivity index (χ0n) is 12.9. The molecule has 2 aromatic rings. The minimum absolute atomic E-state index is 0.296. The van der Waals surface area contributed by atoms with Gasteiger partial charge in [0, 0.05) is 18.4 Å². The summed E-state index contributed by atoms with van der Waals surface area (Å²) in [5, 5.41) is 10.3. The molecule has 1 amide bonds. The standard InChI is InChI=1S/C20H17NO3/c22-17-13-14-21(18(23)12-11-15-7-3-1-4-8-15)19(20(17)24)16-9-5-2-6-10-16/h1-14,19-20,24H/b12-11+/t19-,20+/m1/s1. The minimum atomic E-state index is -1.27. The molecule has 0 spiro atoms. The average Bonchev–Trinajstić information content (AvgIpc) is 2.63. The van der Waals surface area contributed by atoms with Gasteiger partial charge in [-0.05, 0) is 17.2 Å². The fraction of sp³-hybridized carbons (Fsp3) is 0.100. The number of aliphatic hydroxyl groups is 1. The summed E-state index contributed by atoms with van der Waals surface area (Å²) >= 11 is 0. The molecule has 4 nitrogen and oxygen atoms in total. The van der Waals surface area contributed by atoms with Gasteiger partial charge in [0.05, 0.1) is 6.04 Å². The normalized spacial score (nSPS) is 20.5. The monoisotopic (exact) mass is 319 g/mol. The second-order valence-electron chi connectivity index (χ2n) is 5.51. The van der Waals surface area contributed by atoms with Crippen LogP contribution in [0.4, 0.5) is 0 Å². The first-order valence-corrected chi connectivity index (χ1v) is 7.67. The molecule has 3 rings (SSSR count). The highest BCUT2D eigenvalue weighted by Crippen LogP contribution is 2.29. The molecule has 120 valence electrons. The number of ketones is 1. The van der Waals surface area contributed by atoms with Crippen LogP contribution in [-0.2, 0) is 9.59 Å². The summed E-state index contributed by atoms with van der Waals surface area (Å²) in [6.07, 6.45) is 4.55. The van der Waals surface area contributed by atoms with Gasteiger partial charge in [0.2, 0.25) is 0 Å². The Balaban J connectivity index is 1.89. The zero-order chi connectivity index (χ0) is 16.9. The Hall–Kier alpha value is -2.98. The lowest BCUT2D eigenvalue weighted by Crippen LogP contribution is -2.43. The van der Waals surface area contributed by atoms with Gasteiger partial charge in [0.1, 0.15) is 6.10 Å². The van der Waals surface area contributed by atoms with Crippen LogP contribution in [0, 0.1) is 0 Å². The Morgan fingerprint density at radius 1 is 1.00 bits per heavy atom. The van der Waals surface area contributed by atoms with Crippen LogP contribution in [-0.4, -0.2) is 27.8 Å². The van der Waals surface area contributed by atoms with E-state index in [1.54, 1.807) is 18.2 Å². The van der Waals surface area contributed by atoms with Crippen LogP contribution in [0.2, 0.25) is 0 Å². The van der Waals surface area contributed by atoms with Crippen LogP contribution >= 0.6 is 0 Å². The quantitative estimate of drug-likeness (QED) is 0.885. The van der Waals surface area contributed by atoms with Gasteiger partial charge in [-0.3, -0.25) is 9.59 Å². The lowest BCUT2D eigenvalue weighted by molar-refractivity contribution is -0.134. The smallest absolute Gasteiger partial charge is 0.251 e. The van der Waals surface area contributed by atoms with Crippen molar-refractivity contribution in [1.82, 2.24) is 4.90 Å². The first-order valence-electron chi connectivity index (χ1n) is 7.67. The van der Waals surface area contributed by atoms with E-state index in [4.69, 9.17) is 0 Å². The van der Waals surface area contributed by atoms with E-state index in [0.29, 0.717) is 5.56 Å². The number of hydrogen-bond donors (Lipinski definition) is 1. The number of amides is 1. The molecule has 4 heteroatoms. The predicted octanol–water partition coefficient (Wildman–Crippen LogP) is 2.73. The molecule has 1 aliphatic rings. The van der Waals surface area contributed by atoms with Crippen molar-refractivity contribution in [3.8, 4) is 0 Å². The fourth-order valence-corrected chi connectivity index (χ4v) is 2.67. The third-order valence-corrected chi connectivity index (χ3v) is 3.90. The molecule has 0 aliphatic carbocycles. The number of aliphatic hydroxyl groups excluding tert-OH is 1. The molecule has 1 heterocycles. The van der Waals surface area contributed by atoms with Crippen molar-refractivity contribution in [3.05, 3.63) is 90.1 Å². The first-order chi connectivity index (χ1) is 11.7. The van der Waals surface area contributed by atoms with Crippen molar-refractivity contribution in [3.63, 3.8) is 0 Å². The highest BCUT2D eigenvalue weighted by molar-refractivity contribution is 5.99. The molecule has 1 N–H and O–H groups in total. The van der Waals surface area contributed by atoms with E-state index < -0.39 is 17.9 Å². The maximum atomic E-state index is 12.6. The summed E-state index contributed by atoms with van der Waals surface area (Å²) in [4.78, 5) is 25.8. The number of hydrogen-bond acceptors (Lipinski definition) is 3. The molecule has 2 atom stereocenters. The second-order valence-corrected chi connectivity index (χ2v) is 5.51. The lowest BCUT2D eigenvalue weighted by Gasteiger charge is -2.34. The van der Waals surface area contributed by atoms with Crippen molar-refractivity contribution < 1.29 is 14.7 Å². The van der Waals surface area contributed by atoms with Gasteiger partial charge in [-0.15, -0.1) is 0 Å². The summed E-state index contributed by atoms with van der Waals surface area (Å²) in [5.74, 6) is -0.699. The molecule has 2 aromatic carbocycles. The summed E-state index contributed by atoms with van der Waals surface area (Å²) in [6.45, 7) is 0. The van der Waals surface area contributed by atoms with Crippen molar-refractivity contribution in [2.45, 2.75) is 12.1 Å². The van der Waals surface area contributed by atoms with Crippen molar-refractivity contribution in [1.29, 1.82) is 0 Å². The highest BCUT2D eigenvalue weighted by atomic mass is 16.3. The third-order valence-electron chi connectivity index (χ3n) is 3.90. The Morgan fingerprint density at radius 3 is 2.29 bits per heavy atom. The highest BCUT2D eigenvalue weighted by Gasteiger charge is 2.35. The topological polar surface area (TPSA) is 57.6 Å². The molecule has 1 aliphatic heterocycles. The Labute approximate surface area is 140 Å². The molecule has 0 bridgehead atoms. The summed E-state index contributed by atoms with van der Waals surface area (Å²) in [6, 6.07) is 17.8. The number of rotatable bonds is 3. The van der Waals surface area contributed by atoms with Crippen molar-refractivity contribution >= 4 is 17.8 Å². The van der Waals surface area contributed by atoms with Crippen LogP contribution in [0.5, 0.6) is 0 Å². The van der Waals surface area contributed by atoms with Crippen LogP contribution in [0.3, 0.4) is 0 Å². The molecular weight excluding hydrogens is 302 g/mol. The average molecular weight is 319 g/mol. The minimum Gasteiger partial charge on any atom is -0.382 e. The number of carbonyl (C=O) groups is 2. The number of nitrogens with zero attached hydrogens (tertiary/aromatic N) is 1. The van der Waals surface area contributed by atoms with E-state index in [1.165, 1.54) is 23.3 Å². The van der Waals surface area contributed by atoms with Crippen molar-refractivity contribution in [2.24, 2.45) is 0 Å². The van der Waals surface area contributed by atoms with E-state index in [-0.39, 0.29) is 5.91 Å². The molecule has 0 fully saturated rings. The van der Waals surface area contributed by atoms with Gasteiger partial charge < -0.3 is 10.0 Å². The van der Waals surface area contributed by atoms with Crippen LogP contribution < -0.4 is 0 Å². The van der Waals surface area contributed by atoms with Crippen LogP contribution in [0.25, 0.3) is 6.08 Å². The van der Waals surface area contributed by atoms with Crippen LogP contribution in [0.1, 0.15) is 17.2 Å². The van der Waals surface area contributed by atoms with Gasteiger partial charge in [-0.1, -0.05) is 60.7 Å². The molecule has 0 saturated heterocycles. The summed E-state index contributed by atoms with van der Waals surface area (Å²) < 4.78 is 0. The summed E-state index contributed by atoms with van der Waals surface area (Å²) in [7, 11) is 0. The Kier molecular flexibility index (Phi) is 4.68. The zero-order valence-corrected chi connectivity index (χ0v) is 12.9. The third kappa shape index (κ3) is 3.34. The van der Waals surface area contributed by atoms with Gasteiger partial charge in [0.15, 0.2) is 5.78 Å². The van der Waals surface area contributed by atoms with Gasteiger partial charge in [-0.25, -0.2) is 0 Å². The second kappa shape index (κ2) is 7.06. The first kappa shape index (κ1) is 15.9. The van der Waals surface area contributed by atoms with E-state index in [9.17, 15) is 14.7 Å². The SMILES string of the molecule is O=C1C=CN(C(=O)/C=C/c2ccccc2)[C@H](c2ccccc2)[C@H]1O. The predicted molar refractivity (Wildman–Crippen MR) is 91.7 cm³/mol. The van der Waals surface area contributed by atoms with Gasteiger partial charge in [0.25, 0.3) is 5.91 Å². The molecule has 0 aromatic heterocycles. The van der Waals surface area contributed by atoms with E-state index in [1.807, 2.05) is 48.5 Å². The largest absolute Gasteiger partial charge is 0.382 e. The maximum absolute atomic E-state index is 12.6. The fourth-order valence-electron chi connectivity index (χ4n) is 2.67. The lowest BCUT2D eigenvalue weighted by atomic mass is 9.94.